The van der Waals surface area contributed by atoms with Crippen molar-refractivity contribution in [1.29, 1.82) is 0 Å². The number of benzene rings is 15. The van der Waals surface area contributed by atoms with E-state index in [1.54, 1.807) is 48.5 Å². The molecule has 0 spiro atoms. The van der Waals surface area contributed by atoms with Gasteiger partial charge < -0.3 is 0 Å². The van der Waals surface area contributed by atoms with Crippen LogP contribution in [0.4, 0.5) is 34.1 Å². The Labute approximate surface area is 701 Å². The van der Waals surface area contributed by atoms with E-state index in [0.29, 0.717) is 86.4 Å². The maximum absolute atomic E-state index is 12.1. The zero-order chi connectivity index (χ0) is 93.7. The van der Waals surface area contributed by atoms with Crippen molar-refractivity contribution in [2.24, 2.45) is 0 Å². The van der Waals surface area contributed by atoms with Crippen LogP contribution in [0.3, 0.4) is 0 Å². The van der Waals surface area contributed by atoms with Crippen LogP contribution in [0, 0.1) is 0 Å². The van der Waals surface area contributed by atoms with Crippen molar-refractivity contribution in [3.05, 3.63) is 356 Å². The monoisotopic (exact) mass is 1600 g/mol. The van der Waals surface area contributed by atoms with Gasteiger partial charge in [0.15, 0.2) is 0 Å². The van der Waals surface area contributed by atoms with Gasteiger partial charge in [-0.1, -0.05) is 0 Å². The molecular weight excluding hydrogens is 1500 g/mol. The summed E-state index contributed by atoms with van der Waals surface area (Å²) in [5, 5.41) is 0.986. The Kier molecular flexibility index (Phi) is 11.9. The Morgan fingerprint density at radius 3 is 0.938 bits per heavy atom. The third-order valence-electron chi connectivity index (χ3n) is 22.4. The molecule has 0 saturated carbocycles. The van der Waals surface area contributed by atoms with Gasteiger partial charge in [-0.25, -0.2) is 0 Å². The summed E-state index contributed by atoms with van der Waals surface area (Å²) in [6, 6.07) is 60.8. The number of rotatable bonds is 10. The van der Waals surface area contributed by atoms with Crippen molar-refractivity contribution in [1.82, 2.24) is 9.13 Å². The van der Waals surface area contributed by atoms with Crippen molar-refractivity contribution < 1.29 is 27.4 Å². The predicted molar refractivity (Wildman–Crippen MR) is 487 cm³/mol. The van der Waals surface area contributed by atoms with E-state index >= 15 is 0 Å². The fraction of sp³-hybridized carbons (Fsp3) is 0.113. The molecule has 6 heterocycles. The number of aromatic nitrogens is 2. The van der Waals surface area contributed by atoms with Gasteiger partial charge >= 0.3 is 706 Å². The molecular formula is C106H83BN4Se2. The van der Waals surface area contributed by atoms with Gasteiger partial charge in [0.1, 0.15) is 0 Å². The van der Waals surface area contributed by atoms with Crippen LogP contribution in [-0.2, 0) is 16.2 Å². The summed E-state index contributed by atoms with van der Waals surface area (Å²) in [4.78, 5) is 4.05. The van der Waals surface area contributed by atoms with Crippen molar-refractivity contribution in [2.75, 3.05) is 9.80 Å². The Balaban J connectivity index is 1.02. The number of hydrogen-bond acceptors (Lipinski definition) is 2. The third-order valence-corrected chi connectivity index (χ3v) is 27.0. The molecule has 15 aromatic carbocycles. The van der Waals surface area contributed by atoms with Gasteiger partial charge in [0.05, 0.1) is 0 Å². The molecule has 0 radical (unpaired) electrons. The molecule has 0 amide bonds. The maximum atomic E-state index is 12.1. The molecule has 0 atom stereocenters. The van der Waals surface area contributed by atoms with E-state index in [9.17, 15) is 27.4 Å². The van der Waals surface area contributed by atoms with E-state index in [1.807, 2.05) is 143 Å². The van der Waals surface area contributed by atoms with Gasteiger partial charge in [0.25, 0.3) is 0 Å². The van der Waals surface area contributed by atoms with Crippen LogP contribution in [-0.4, -0.2) is 44.9 Å². The molecule has 2 aliphatic heterocycles. The van der Waals surface area contributed by atoms with Crippen LogP contribution in [0.5, 0.6) is 0 Å². The number of hydrogen-bond donors (Lipinski definition) is 0. The molecule has 21 rings (SSSR count). The Morgan fingerprint density at radius 1 is 0.301 bits per heavy atom. The quantitative estimate of drug-likeness (QED) is 0.127. The van der Waals surface area contributed by atoms with E-state index in [0.717, 1.165) is 33.4 Å². The van der Waals surface area contributed by atoms with Gasteiger partial charge in [0.2, 0.25) is 0 Å². The standard InChI is InChI=1S/C106H83BN4Se2/c1-104(2,3)72-58-81(68-38-20-12-21-39-68)100(82(59-72)69-40-22-13-23-41-69)110-89-64-75(108-87-50-30-28-46-79(87)97-95-77(66-34-16-10-17-35-66)48-32-52-93(95)112-102(97)108)54-56-85(89)107-86-57-55-76(109-88-51-31-29-47-80(88)98-96-78(67-36-18-11-19-37-67)49-33-53-94(96)113-103(98)109)65-90(86)111(92-63-74(106(7,8)9)62-91(110)99(92)107)101-83(70-42-24-14-25-43-70)60-73(105(4,5)6)61-84(101)71-44-26-15-27-45-71/h10-65H,1-9H3/i28D,29D,30D,31D,32D,33D,46D,47D,48D,49D,50D,51D,52D,53D,54D,55D,56D,57D,64D,65D. The summed E-state index contributed by atoms with van der Waals surface area (Å²) in [6.45, 7) is 17.6. The molecule has 19 aromatic rings. The summed E-state index contributed by atoms with van der Waals surface area (Å²) in [7, 11) is 0. The first-order chi connectivity index (χ1) is 63.3. The molecule has 7 heteroatoms. The van der Waals surface area contributed by atoms with Crippen molar-refractivity contribution in [2.45, 2.75) is 78.6 Å². The van der Waals surface area contributed by atoms with E-state index in [2.05, 4.69) is 98.7 Å². The molecule has 4 nitrogen and oxygen atoms in total. The van der Waals surface area contributed by atoms with E-state index in [1.165, 1.54) is 9.13 Å². The first-order valence-electron chi connectivity index (χ1n) is 48.0. The third kappa shape index (κ3) is 11.1. The van der Waals surface area contributed by atoms with Gasteiger partial charge in [-0.05, 0) is 0 Å². The van der Waals surface area contributed by atoms with Gasteiger partial charge in [-0.2, -0.15) is 0 Å². The molecule has 0 unspecified atom stereocenters. The molecule has 0 fully saturated rings. The van der Waals surface area contributed by atoms with E-state index in [-0.39, 0.29) is 122 Å². The van der Waals surface area contributed by atoms with Crippen molar-refractivity contribution >= 4 is 147 Å². The normalized spacial score (nSPS) is 15.4. The number of fused-ring (bicyclic) bond motifs is 14. The molecule has 0 aliphatic carbocycles. The second kappa shape index (κ2) is 26.4. The molecule has 4 aromatic heterocycles. The van der Waals surface area contributed by atoms with Crippen LogP contribution in [0.2, 0.25) is 0 Å². The average Bonchev–Trinajstić information content (AvgIpc) is 1.63. The second-order valence-electron chi connectivity index (χ2n) is 32.4. The summed E-state index contributed by atoms with van der Waals surface area (Å²) in [5.74, 6) is 0. The van der Waals surface area contributed by atoms with Crippen LogP contribution >= 0.6 is 0 Å². The summed E-state index contributed by atoms with van der Waals surface area (Å²) >= 11 is -2.32. The fourth-order valence-electron chi connectivity index (χ4n) is 16.9. The second-order valence-corrected chi connectivity index (χ2v) is 36.6. The SMILES string of the molecule is [2H]c1c([2H])c(-n2c3[se]c4c([2H])c([2H])c([2H])c(-c5ccccc5)c4c3c3c([2H])c([2H])c([2H])c([2H])c32)c([2H])c2c1B1c3c(cc(C(C)(C)C)cc3N(c3c(-c4ccccc4)cc(C(C)(C)C)cc3-c3ccccc3)c3c([2H])c(-n4c5[se]c6c([2H])c([2H])c([2H])c(-c7ccccc7)c6c5c5c([2H])c([2H])c([2H])c([2H])c54)c([2H])c([2H])c31)N2c1c(-c2ccccc2)cc(C(C)(C)C)cc1-c1ccccc1. The fourth-order valence-corrected chi connectivity index (χ4v) is 21.9. The molecule has 0 saturated heterocycles. The van der Waals surface area contributed by atoms with Crippen molar-refractivity contribution in [3.8, 4) is 78.1 Å². The van der Waals surface area contributed by atoms with E-state index < -0.39 is 137 Å². The number of para-hydroxylation sites is 2. The number of nitrogens with zero attached hydrogens (tertiary/aromatic N) is 4. The first kappa shape index (κ1) is 50.9. The average molecular weight is 1600 g/mol. The van der Waals surface area contributed by atoms with Gasteiger partial charge in [-0.3, -0.25) is 0 Å². The first-order valence-corrected chi connectivity index (χ1v) is 41.5. The zero-order valence-corrected chi connectivity index (χ0v) is 66.9. The minimum absolute atomic E-state index is 0.0186. The van der Waals surface area contributed by atoms with Crippen LogP contribution in [0.1, 0.15) is 106 Å². The Bertz CT molecular complexity index is 7710. The van der Waals surface area contributed by atoms with E-state index in [4.69, 9.17) is 0 Å². The topological polar surface area (TPSA) is 16.3 Å². The van der Waals surface area contributed by atoms with Crippen LogP contribution in [0.25, 0.3) is 139 Å². The minimum atomic E-state index is -1.55. The van der Waals surface area contributed by atoms with Crippen molar-refractivity contribution in [3.63, 3.8) is 0 Å². The molecule has 2 aliphatic rings. The predicted octanol–water partition coefficient (Wildman–Crippen LogP) is 26.3. The van der Waals surface area contributed by atoms with Crippen LogP contribution in [0.15, 0.2) is 339 Å². The number of anilines is 6. The Morgan fingerprint density at radius 2 is 0.611 bits per heavy atom. The zero-order valence-electron chi connectivity index (χ0n) is 83.5. The van der Waals surface area contributed by atoms with Gasteiger partial charge in [-0.15, -0.1) is 0 Å². The molecule has 0 N–H and O–H groups in total. The molecule has 113 heavy (non-hydrogen) atoms. The van der Waals surface area contributed by atoms with Crippen LogP contribution < -0.4 is 26.2 Å². The van der Waals surface area contributed by atoms with Gasteiger partial charge in [0, 0.05) is 0 Å². The summed E-state index contributed by atoms with van der Waals surface area (Å²) in [6.07, 6.45) is 0. The molecule has 0 bridgehead atoms. The Hall–Kier alpha value is -11.9. The molecule has 542 valence electrons. The summed E-state index contributed by atoms with van der Waals surface area (Å²) < 4.78 is 212. The summed E-state index contributed by atoms with van der Waals surface area (Å²) in [5.41, 5.74) is 9.01.